The Balaban J connectivity index is 1.21. The molecule has 0 aliphatic heterocycles. The van der Waals surface area contributed by atoms with Gasteiger partial charge < -0.3 is 21.1 Å². The predicted octanol–water partition coefficient (Wildman–Crippen LogP) is 3.61. The number of aliphatic hydroxyl groups excluding tert-OH is 1. The van der Waals surface area contributed by atoms with Crippen LogP contribution in [0.1, 0.15) is 48.7 Å². The number of nitrogens with one attached hydrogen (secondary N) is 2. The number of pyridine rings is 1. The maximum absolute atomic E-state index is 12.6. The summed E-state index contributed by atoms with van der Waals surface area (Å²) in [6, 6.07) is 13.9. The van der Waals surface area contributed by atoms with Crippen LogP contribution in [0.25, 0.3) is 10.9 Å². The predicted molar refractivity (Wildman–Crippen MR) is 137 cm³/mol. The van der Waals surface area contributed by atoms with Crippen LogP contribution in [0.4, 0.5) is 5.82 Å². The summed E-state index contributed by atoms with van der Waals surface area (Å²) in [4.78, 5) is 22.4. The minimum absolute atomic E-state index is 0.0280. The fraction of sp³-hybridized carbons (Fsp3) is 0.481. The summed E-state index contributed by atoms with van der Waals surface area (Å²) < 4.78 is 0. The molecule has 5 N–H and O–H groups in total. The zero-order valence-corrected chi connectivity index (χ0v) is 20.0. The van der Waals surface area contributed by atoms with Crippen LogP contribution in [0.3, 0.4) is 0 Å². The third-order valence-corrected chi connectivity index (χ3v) is 7.22. The lowest BCUT2D eigenvalue weighted by molar-refractivity contribution is 0.0942. The number of amides is 1. The average Bonchev–Trinajstić information content (AvgIpc) is 3.50. The van der Waals surface area contributed by atoms with Crippen molar-refractivity contribution in [1.82, 2.24) is 20.2 Å². The van der Waals surface area contributed by atoms with Crippen molar-refractivity contribution in [1.29, 1.82) is 0 Å². The fourth-order valence-electron chi connectivity index (χ4n) is 5.03. The second kappa shape index (κ2) is 11.5. The summed E-state index contributed by atoms with van der Waals surface area (Å²) in [5.41, 5.74) is 8.46. The Kier molecular flexibility index (Phi) is 8.19. The number of aromatic amines is 1. The van der Waals surface area contributed by atoms with E-state index in [4.69, 9.17) is 5.73 Å². The van der Waals surface area contributed by atoms with Crippen molar-refractivity contribution < 1.29 is 9.90 Å². The highest BCUT2D eigenvalue weighted by molar-refractivity contribution is 5.97. The summed E-state index contributed by atoms with van der Waals surface area (Å²) in [5.74, 6) is 1.71. The number of anilines is 1. The van der Waals surface area contributed by atoms with E-state index in [0.29, 0.717) is 23.3 Å². The molecule has 1 aliphatic carbocycles. The number of nitrogens with zero attached hydrogens (tertiary/aromatic N) is 2. The van der Waals surface area contributed by atoms with Crippen molar-refractivity contribution in [3.63, 3.8) is 0 Å². The van der Waals surface area contributed by atoms with Gasteiger partial charge in [0.15, 0.2) is 0 Å². The monoisotopic (exact) mass is 463 g/mol. The second-order valence-corrected chi connectivity index (χ2v) is 9.72. The number of benzene rings is 1. The van der Waals surface area contributed by atoms with Crippen LogP contribution in [0, 0.1) is 11.8 Å². The number of fused-ring (bicyclic) bond motifs is 1. The van der Waals surface area contributed by atoms with E-state index in [1.807, 2.05) is 48.7 Å². The highest BCUT2D eigenvalue weighted by atomic mass is 16.3. The molecule has 0 bridgehead atoms. The van der Waals surface area contributed by atoms with E-state index >= 15 is 0 Å². The summed E-state index contributed by atoms with van der Waals surface area (Å²) >= 11 is 0. The van der Waals surface area contributed by atoms with Gasteiger partial charge in [0.1, 0.15) is 11.5 Å². The number of carbonyl (C=O) groups excluding carboxylic acids is 1. The molecule has 3 aromatic rings. The fourth-order valence-corrected chi connectivity index (χ4v) is 5.03. The largest absolute Gasteiger partial charge is 0.395 e. The van der Waals surface area contributed by atoms with Gasteiger partial charge in [-0.2, -0.15) is 0 Å². The minimum atomic E-state index is -0.0280. The van der Waals surface area contributed by atoms with Gasteiger partial charge in [-0.1, -0.05) is 30.7 Å². The van der Waals surface area contributed by atoms with Crippen molar-refractivity contribution >= 4 is 22.6 Å². The summed E-state index contributed by atoms with van der Waals surface area (Å²) in [6.45, 7) is 4.84. The number of H-pyrrole nitrogens is 1. The number of aliphatic hydroxyl groups is 1. The third kappa shape index (κ3) is 6.36. The van der Waals surface area contributed by atoms with Gasteiger partial charge in [-0.15, -0.1) is 0 Å². The molecule has 1 saturated carbocycles. The Morgan fingerprint density at radius 1 is 1.24 bits per heavy atom. The van der Waals surface area contributed by atoms with Crippen LogP contribution in [0.2, 0.25) is 0 Å². The first kappa shape index (κ1) is 24.2. The zero-order valence-electron chi connectivity index (χ0n) is 20.0. The van der Waals surface area contributed by atoms with E-state index in [9.17, 15) is 9.90 Å². The van der Waals surface area contributed by atoms with Gasteiger partial charge >= 0.3 is 0 Å². The van der Waals surface area contributed by atoms with Crippen molar-refractivity contribution in [2.75, 3.05) is 32.0 Å². The molecule has 0 radical (unpaired) electrons. The van der Waals surface area contributed by atoms with Crippen LogP contribution in [0.5, 0.6) is 0 Å². The second-order valence-electron chi connectivity index (χ2n) is 9.72. The number of rotatable bonds is 11. The van der Waals surface area contributed by atoms with Crippen LogP contribution in [-0.4, -0.2) is 58.2 Å². The molecule has 0 spiro atoms. The van der Waals surface area contributed by atoms with Crippen LogP contribution in [-0.2, 0) is 6.42 Å². The number of aromatic nitrogens is 2. The molecule has 4 rings (SSSR count). The van der Waals surface area contributed by atoms with Crippen molar-refractivity contribution in [2.45, 2.75) is 45.1 Å². The molecular weight excluding hydrogens is 426 g/mol. The summed E-state index contributed by atoms with van der Waals surface area (Å²) in [6.07, 6.45) is 7.36. The lowest BCUT2D eigenvalue weighted by Crippen LogP contribution is -2.38. The maximum atomic E-state index is 12.6. The highest BCUT2D eigenvalue weighted by Crippen LogP contribution is 2.33. The molecule has 1 fully saturated rings. The molecule has 1 aromatic carbocycles. The van der Waals surface area contributed by atoms with Gasteiger partial charge in [-0.05, 0) is 74.8 Å². The topological polar surface area (TPSA) is 107 Å². The number of para-hydroxylation sites is 1. The molecular formula is C27H37N5O2. The van der Waals surface area contributed by atoms with E-state index in [-0.39, 0.29) is 18.6 Å². The molecule has 0 saturated heterocycles. The Labute approximate surface area is 201 Å². The lowest BCUT2D eigenvalue weighted by atomic mass is 10.0. The Hall–Kier alpha value is -2.90. The van der Waals surface area contributed by atoms with Gasteiger partial charge in [0.2, 0.25) is 0 Å². The number of carbonyl (C=O) groups is 1. The third-order valence-electron chi connectivity index (χ3n) is 7.22. The first-order chi connectivity index (χ1) is 16.5. The number of hydrogen-bond donors (Lipinski definition) is 4. The molecule has 1 aliphatic rings. The van der Waals surface area contributed by atoms with Gasteiger partial charge in [0, 0.05) is 36.2 Å². The van der Waals surface area contributed by atoms with Crippen molar-refractivity contribution in [2.24, 2.45) is 11.8 Å². The minimum Gasteiger partial charge on any atom is -0.395 e. The maximum Gasteiger partial charge on any atom is 0.267 e. The first-order valence-electron chi connectivity index (χ1n) is 12.4. The van der Waals surface area contributed by atoms with Crippen LogP contribution >= 0.6 is 0 Å². The lowest BCUT2D eigenvalue weighted by Gasteiger charge is -2.29. The Morgan fingerprint density at radius 2 is 2.06 bits per heavy atom. The highest BCUT2D eigenvalue weighted by Gasteiger charge is 2.26. The number of nitrogens with two attached hydrogens (primary N) is 1. The molecule has 3 atom stereocenters. The summed E-state index contributed by atoms with van der Waals surface area (Å²) in [5, 5.41) is 13.9. The van der Waals surface area contributed by atoms with E-state index in [0.717, 1.165) is 61.8 Å². The molecule has 1 amide bonds. The standard InChI is InChI=1S/C27H37N5O2/c1-19(18-33)32(13-11-21-8-9-26(28)29-16-21)12-10-20-6-7-22(14-20)17-30-27(34)25-15-23-4-2-3-5-24(23)31-25/h2-5,8-9,15-16,19-20,22,31,33H,6-7,10-14,17-18H2,1H3,(H2,28,29)(H,30,34)/t19-,20?,22-/m0/s1. The SMILES string of the molecule is C[C@@H](CO)N(CCc1ccc(N)nc1)CCC1CC[C@H](CNC(=O)c2cc3ccccc3[nH]2)C1. The first-order valence-corrected chi connectivity index (χ1v) is 12.4. The molecule has 2 heterocycles. The molecule has 1 unspecified atom stereocenters. The molecule has 7 nitrogen and oxygen atoms in total. The average molecular weight is 464 g/mol. The van der Waals surface area contributed by atoms with Gasteiger partial charge in [0.25, 0.3) is 5.91 Å². The van der Waals surface area contributed by atoms with E-state index in [1.54, 1.807) is 0 Å². The Morgan fingerprint density at radius 3 is 2.82 bits per heavy atom. The molecule has 182 valence electrons. The quantitative estimate of drug-likeness (QED) is 0.348. The van der Waals surface area contributed by atoms with Gasteiger partial charge in [0.05, 0.1) is 6.61 Å². The van der Waals surface area contributed by atoms with E-state index in [2.05, 4.69) is 27.1 Å². The van der Waals surface area contributed by atoms with Gasteiger partial charge in [-0.3, -0.25) is 9.69 Å². The Bertz CT molecular complexity index is 1030. The van der Waals surface area contributed by atoms with E-state index in [1.165, 1.54) is 6.42 Å². The smallest absolute Gasteiger partial charge is 0.267 e. The number of nitrogen functional groups attached to an aromatic ring is 1. The van der Waals surface area contributed by atoms with Crippen molar-refractivity contribution in [3.8, 4) is 0 Å². The normalized spacial score (nSPS) is 19.0. The number of hydrogen-bond acceptors (Lipinski definition) is 5. The van der Waals surface area contributed by atoms with Crippen LogP contribution in [0.15, 0.2) is 48.7 Å². The zero-order chi connectivity index (χ0) is 23.9. The summed E-state index contributed by atoms with van der Waals surface area (Å²) in [7, 11) is 0. The van der Waals surface area contributed by atoms with Gasteiger partial charge in [-0.25, -0.2) is 4.98 Å². The van der Waals surface area contributed by atoms with Crippen LogP contribution < -0.4 is 11.1 Å². The molecule has 2 aromatic heterocycles. The molecule has 34 heavy (non-hydrogen) atoms. The van der Waals surface area contributed by atoms with E-state index < -0.39 is 0 Å². The van der Waals surface area contributed by atoms with Crippen molar-refractivity contribution in [3.05, 3.63) is 59.9 Å². The molecule has 7 heteroatoms.